The molecule has 1 fully saturated rings. The molecule has 0 bridgehead atoms. The number of benzene rings is 1. The molecule has 1 aliphatic heterocycles. The van der Waals surface area contributed by atoms with E-state index in [4.69, 9.17) is 14.0 Å². The first-order valence-electron chi connectivity index (χ1n) is 9.64. The molecule has 2 aromatic rings. The standard InChI is InChI=1S/C21H25BFN3O4/c1-20(2)21(3,4)30-22(29-20)17(10-16-11-24-18(23)25-12-16)13-26-19(27)28-14-15-8-6-5-7-9-15/h5-12H,13-14H2,1-4H3,(H,26,27). The van der Waals surface area contributed by atoms with Gasteiger partial charge >= 0.3 is 19.3 Å². The molecule has 9 heteroatoms. The zero-order valence-electron chi connectivity index (χ0n) is 17.5. The highest BCUT2D eigenvalue weighted by Gasteiger charge is 2.52. The highest BCUT2D eigenvalue weighted by Crippen LogP contribution is 2.38. The van der Waals surface area contributed by atoms with Gasteiger partial charge in [0.25, 0.3) is 0 Å². The summed E-state index contributed by atoms with van der Waals surface area (Å²) in [6.07, 6.45) is 3.02. The lowest BCUT2D eigenvalue weighted by Crippen LogP contribution is -2.41. The van der Waals surface area contributed by atoms with Gasteiger partial charge in [0.15, 0.2) is 0 Å². The number of nitrogens with one attached hydrogen (secondary N) is 1. The van der Waals surface area contributed by atoms with Crippen LogP contribution >= 0.6 is 0 Å². The highest BCUT2D eigenvalue weighted by atomic mass is 19.1. The molecule has 1 aromatic heterocycles. The predicted molar refractivity (Wildman–Crippen MR) is 111 cm³/mol. The Labute approximate surface area is 175 Å². The van der Waals surface area contributed by atoms with E-state index in [-0.39, 0.29) is 13.2 Å². The lowest BCUT2D eigenvalue weighted by molar-refractivity contribution is 0.00578. The summed E-state index contributed by atoms with van der Waals surface area (Å²) in [4.78, 5) is 19.3. The third-order valence-electron chi connectivity index (χ3n) is 5.20. The highest BCUT2D eigenvalue weighted by molar-refractivity contribution is 6.56. The predicted octanol–water partition coefficient (Wildman–Crippen LogP) is 3.56. The van der Waals surface area contributed by atoms with Crippen LogP contribution in [-0.2, 0) is 20.7 Å². The number of alkyl carbamates (subject to hydrolysis) is 1. The molecule has 0 aliphatic carbocycles. The molecule has 1 saturated heterocycles. The number of hydrogen-bond acceptors (Lipinski definition) is 6. The molecule has 3 rings (SSSR count). The Balaban J connectivity index is 1.70. The van der Waals surface area contributed by atoms with E-state index in [2.05, 4.69) is 15.3 Å². The van der Waals surface area contributed by atoms with Gasteiger partial charge in [0.1, 0.15) is 6.61 Å². The Hall–Kier alpha value is -2.78. The Morgan fingerprint density at radius 3 is 2.33 bits per heavy atom. The van der Waals surface area contributed by atoms with Gasteiger partial charge in [-0.3, -0.25) is 0 Å². The van der Waals surface area contributed by atoms with Gasteiger partial charge in [0.05, 0.1) is 11.2 Å². The van der Waals surface area contributed by atoms with Crippen LogP contribution in [0.15, 0.2) is 48.2 Å². The first kappa shape index (κ1) is 21.9. The summed E-state index contributed by atoms with van der Waals surface area (Å²) in [7, 11) is -0.700. The maximum absolute atomic E-state index is 13.0. The summed E-state index contributed by atoms with van der Waals surface area (Å²) < 4.78 is 30.5. The molecule has 1 aromatic carbocycles. The molecule has 0 atom stereocenters. The summed E-state index contributed by atoms with van der Waals surface area (Å²) in [5.74, 6) is 0. The molecule has 30 heavy (non-hydrogen) atoms. The van der Waals surface area contributed by atoms with Crippen LogP contribution in [0.2, 0.25) is 0 Å². The zero-order chi connectivity index (χ0) is 21.8. The van der Waals surface area contributed by atoms with Crippen molar-refractivity contribution in [3.8, 4) is 0 Å². The number of aromatic nitrogens is 2. The van der Waals surface area contributed by atoms with E-state index in [1.807, 2.05) is 58.0 Å². The van der Waals surface area contributed by atoms with Crippen LogP contribution in [0.25, 0.3) is 6.08 Å². The van der Waals surface area contributed by atoms with E-state index < -0.39 is 30.5 Å². The molecule has 158 valence electrons. The quantitative estimate of drug-likeness (QED) is 0.576. The van der Waals surface area contributed by atoms with Gasteiger partial charge < -0.3 is 19.4 Å². The van der Waals surface area contributed by atoms with E-state index in [9.17, 15) is 9.18 Å². The first-order valence-corrected chi connectivity index (χ1v) is 9.64. The fourth-order valence-corrected chi connectivity index (χ4v) is 2.76. The fraction of sp³-hybridized carbons (Fsp3) is 0.381. The van der Waals surface area contributed by atoms with Crippen LogP contribution in [0, 0.1) is 6.08 Å². The van der Waals surface area contributed by atoms with Crippen LogP contribution in [-0.4, -0.2) is 40.9 Å². The van der Waals surface area contributed by atoms with Crippen molar-refractivity contribution in [2.24, 2.45) is 0 Å². The van der Waals surface area contributed by atoms with Gasteiger partial charge in [0, 0.05) is 24.5 Å². The number of nitrogens with zero attached hydrogens (tertiary/aromatic N) is 2. The average Bonchev–Trinajstić information content (AvgIpc) is 2.93. The molecule has 1 aliphatic rings. The number of rotatable bonds is 6. The molecule has 2 heterocycles. The van der Waals surface area contributed by atoms with Crippen molar-refractivity contribution in [3.05, 3.63) is 65.4 Å². The second kappa shape index (κ2) is 8.93. The number of hydrogen-bond donors (Lipinski definition) is 1. The summed E-state index contributed by atoms with van der Waals surface area (Å²) in [6, 6.07) is 9.39. The monoisotopic (exact) mass is 413 g/mol. The van der Waals surface area contributed by atoms with Crippen LogP contribution in [0.5, 0.6) is 0 Å². The lowest BCUT2D eigenvalue weighted by atomic mass is 9.77. The summed E-state index contributed by atoms with van der Waals surface area (Å²) in [5.41, 5.74) is 0.965. The molecule has 0 radical (unpaired) electrons. The lowest BCUT2D eigenvalue weighted by Gasteiger charge is -2.32. The molecule has 1 amide bonds. The second-order valence-electron chi connectivity index (χ2n) is 8.01. The summed E-state index contributed by atoms with van der Waals surface area (Å²) >= 11 is 0. The van der Waals surface area contributed by atoms with E-state index in [0.717, 1.165) is 5.56 Å². The van der Waals surface area contributed by atoms with Crippen molar-refractivity contribution >= 4 is 19.3 Å². The van der Waals surface area contributed by atoms with Crippen molar-refractivity contribution in [2.75, 3.05) is 6.54 Å². The summed E-state index contributed by atoms with van der Waals surface area (Å²) in [5, 5.41) is 2.71. The summed E-state index contributed by atoms with van der Waals surface area (Å²) in [6.45, 7) is 8.02. The number of halogens is 1. The van der Waals surface area contributed by atoms with Crippen molar-refractivity contribution in [3.63, 3.8) is 0 Å². The second-order valence-corrected chi connectivity index (χ2v) is 8.01. The number of ether oxygens (including phenoxy) is 1. The molecule has 0 saturated carbocycles. The van der Waals surface area contributed by atoms with Crippen molar-refractivity contribution in [2.45, 2.75) is 45.5 Å². The van der Waals surface area contributed by atoms with Gasteiger partial charge in [-0.2, -0.15) is 4.39 Å². The third kappa shape index (κ3) is 5.43. The molecule has 0 spiro atoms. The van der Waals surface area contributed by atoms with Gasteiger partial charge in [-0.15, -0.1) is 0 Å². The number of carbonyl (C=O) groups excluding carboxylic acids is 1. The van der Waals surface area contributed by atoms with Crippen molar-refractivity contribution in [1.29, 1.82) is 0 Å². The minimum absolute atomic E-state index is 0.113. The fourth-order valence-electron chi connectivity index (χ4n) is 2.76. The normalized spacial score (nSPS) is 17.6. The van der Waals surface area contributed by atoms with Crippen molar-refractivity contribution in [1.82, 2.24) is 15.3 Å². The third-order valence-corrected chi connectivity index (χ3v) is 5.20. The van der Waals surface area contributed by atoms with Crippen LogP contribution in [0.4, 0.5) is 9.18 Å². The Morgan fingerprint density at radius 2 is 1.73 bits per heavy atom. The Bertz CT molecular complexity index is 888. The Morgan fingerprint density at radius 1 is 1.13 bits per heavy atom. The molecule has 1 N–H and O–H groups in total. The van der Waals surface area contributed by atoms with Gasteiger partial charge in [-0.05, 0) is 38.7 Å². The minimum atomic E-state index is -0.813. The van der Waals surface area contributed by atoms with Crippen LogP contribution < -0.4 is 5.32 Å². The van der Waals surface area contributed by atoms with E-state index in [1.54, 1.807) is 6.08 Å². The van der Waals surface area contributed by atoms with Gasteiger partial charge in [0.2, 0.25) is 0 Å². The maximum Gasteiger partial charge on any atom is 0.492 e. The van der Waals surface area contributed by atoms with Gasteiger partial charge in [-0.25, -0.2) is 14.8 Å². The van der Waals surface area contributed by atoms with E-state index in [0.29, 0.717) is 11.0 Å². The van der Waals surface area contributed by atoms with E-state index >= 15 is 0 Å². The Kier molecular flexibility index (Phi) is 6.53. The van der Waals surface area contributed by atoms with Crippen LogP contribution in [0.1, 0.15) is 38.8 Å². The molecular weight excluding hydrogens is 388 g/mol. The number of carbonyl (C=O) groups is 1. The topological polar surface area (TPSA) is 82.6 Å². The SMILES string of the molecule is CC1(C)OB(C(=Cc2cnc(F)nc2)CNC(=O)OCc2ccccc2)OC1(C)C. The van der Waals surface area contributed by atoms with Crippen LogP contribution in [0.3, 0.4) is 0 Å². The first-order chi connectivity index (χ1) is 14.2. The largest absolute Gasteiger partial charge is 0.492 e. The maximum atomic E-state index is 13.0. The minimum Gasteiger partial charge on any atom is -0.445 e. The zero-order valence-corrected chi connectivity index (χ0v) is 17.5. The molecular formula is C21H25BFN3O4. The molecule has 0 unspecified atom stereocenters. The van der Waals surface area contributed by atoms with E-state index in [1.165, 1.54) is 12.4 Å². The molecule has 7 nitrogen and oxygen atoms in total. The average molecular weight is 413 g/mol. The number of amides is 1. The van der Waals surface area contributed by atoms with Crippen molar-refractivity contribution < 1.29 is 23.2 Å². The van der Waals surface area contributed by atoms with Gasteiger partial charge in [-0.1, -0.05) is 36.4 Å². The smallest absolute Gasteiger partial charge is 0.445 e.